The third-order valence-corrected chi connectivity index (χ3v) is 3.25. The zero-order valence-electron chi connectivity index (χ0n) is 8.29. The van der Waals surface area contributed by atoms with Gasteiger partial charge in [0, 0.05) is 4.47 Å². The largest absolute Gasteiger partial charge is 0.490 e. The first kappa shape index (κ1) is 10.5. The third-order valence-electron chi connectivity index (χ3n) is 2.59. The summed E-state index contributed by atoms with van der Waals surface area (Å²) < 4.78 is 6.58. The van der Waals surface area contributed by atoms with Gasteiger partial charge in [0.15, 0.2) is 0 Å². The molecule has 3 N–H and O–H groups in total. The minimum absolute atomic E-state index is 0.0387. The van der Waals surface area contributed by atoms with Crippen molar-refractivity contribution in [1.29, 1.82) is 5.41 Å². The van der Waals surface area contributed by atoms with E-state index >= 15 is 0 Å². The van der Waals surface area contributed by atoms with Gasteiger partial charge in [0.25, 0.3) is 0 Å². The van der Waals surface area contributed by atoms with Gasteiger partial charge in [0.05, 0.1) is 11.7 Å². The van der Waals surface area contributed by atoms with Gasteiger partial charge in [-0.25, -0.2) is 0 Å². The second-order valence-electron chi connectivity index (χ2n) is 3.70. The van der Waals surface area contributed by atoms with E-state index in [-0.39, 0.29) is 5.84 Å². The summed E-state index contributed by atoms with van der Waals surface area (Å²) >= 11 is 3.38. The second-order valence-corrected chi connectivity index (χ2v) is 4.55. The van der Waals surface area contributed by atoms with Gasteiger partial charge < -0.3 is 10.5 Å². The minimum atomic E-state index is 0.0387. The zero-order valence-corrected chi connectivity index (χ0v) is 9.88. The second kappa shape index (κ2) is 4.23. The fourth-order valence-corrected chi connectivity index (χ4v) is 2.09. The highest BCUT2D eigenvalue weighted by atomic mass is 79.9. The fraction of sp³-hybridized carbons (Fsp3) is 0.364. The number of hydrogen-bond donors (Lipinski definition) is 2. The highest BCUT2D eigenvalue weighted by Gasteiger charge is 2.21. The SMILES string of the molecule is N=C(N)c1c(Br)cccc1OC1CCC1. The first-order valence-corrected chi connectivity index (χ1v) is 5.77. The number of nitrogens with one attached hydrogen (secondary N) is 1. The van der Waals surface area contributed by atoms with Gasteiger partial charge in [0.1, 0.15) is 11.6 Å². The van der Waals surface area contributed by atoms with Crippen molar-refractivity contribution >= 4 is 21.8 Å². The van der Waals surface area contributed by atoms with Crippen LogP contribution < -0.4 is 10.5 Å². The number of ether oxygens (including phenoxy) is 1. The molecule has 0 unspecified atom stereocenters. The number of amidine groups is 1. The van der Waals surface area contributed by atoms with Crippen molar-refractivity contribution in [2.45, 2.75) is 25.4 Å². The van der Waals surface area contributed by atoms with E-state index in [1.807, 2.05) is 18.2 Å². The molecule has 2 rings (SSSR count). The topological polar surface area (TPSA) is 59.1 Å². The van der Waals surface area contributed by atoms with E-state index in [0.29, 0.717) is 17.4 Å². The van der Waals surface area contributed by atoms with Crippen molar-refractivity contribution in [1.82, 2.24) is 0 Å². The van der Waals surface area contributed by atoms with Crippen LogP contribution in [0.3, 0.4) is 0 Å². The quantitative estimate of drug-likeness (QED) is 0.654. The molecule has 1 aromatic rings. The number of hydrogen-bond acceptors (Lipinski definition) is 2. The molecule has 1 aromatic carbocycles. The molecule has 1 saturated carbocycles. The zero-order chi connectivity index (χ0) is 10.8. The van der Waals surface area contributed by atoms with E-state index in [1.54, 1.807) is 0 Å². The molecule has 0 radical (unpaired) electrons. The van der Waals surface area contributed by atoms with Gasteiger partial charge >= 0.3 is 0 Å². The van der Waals surface area contributed by atoms with E-state index in [4.69, 9.17) is 15.9 Å². The maximum absolute atomic E-state index is 7.50. The lowest BCUT2D eigenvalue weighted by Crippen LogP contribution is -2.26. The summed E-state index contributed by atoms with van der Waals surface area (Å²) in [6.45, 7) is 0. The van der Waals surface area contributed by atoms with Crippen LogP contribution in [0.15, 0.2) is 22.7 Å². The first-order valence-electron chi connectivity index (χ1n) is 4.98. The predicted octanol–water partition coefficient (Wildman–Crippen LogP) is 2.66. The molecule has 0 aromatic heterocycles. The Morgan fingerprint density at radius 1 is 1.47 bits per heavy atom. The van der Waals surface area contributed by atoms with E-state index in [0.717, 1.165) is 17.3 Å². The Balaban J connectivity index is 2.27. The summed E-state index contributed by atoms with van der Waals surface area (Å²) in [4.78, 5) is 0. The molecule has 3 nitrogen and oxygen atoms in total. The van der Waals surface area contributed by atoms with Crippen molar-refractivity contribution in [3.8, 4) is 5.75 Å². The maximum Gasteiger partial charge on any atom is 0.131 e. The molecule has 0 heterocycles. The highest BCUT2D eigenvalue weighted by molar-refractivity contribution is 9.10. The number of nitrogen functional groups attached to an aromatic ring is 1. The average Bonchev–Trinajstić information content (AvgIpc) is 2.10. The summed E-state index contributed by atoms with van der Waals surface area (Å²) in [6.07, 6.45) is 3.74. The third kappa shape index (κ3) is 2.15. The lowest BCUT2D eigenvalue weighted by Gasteiger charge is -2.27. The Labute approximate surface area is 97.3 Å². The molecule has 0 atom stereocenters. The molecule has 0 bridgehead atoms. The van der Waals surface area contributed by atoms with Crippen LogP contribution in [-0.4, -0.2) is 11.9 Å². The van der Waals surface area contributed by atoms with Crippen LogP contribution in [0.4, 0.5) is 0 Å². The average molecular weight is 269 g/mol. The monoisotopic (exact) mass is 268 g/mol. The van der Waals surface area contributed by atoms with Gasteiger partial charge in [-0.3, -0.25) is 5.41 Å². The molecule has 0 amide bonds. The standard InChI is InChI=1S/C11H13BrN2O/c12-8-5-2-6-9(10(8)11(13)14)15-7-3-1-4-7/h2,5-7H,1,3-4H2,(H3,13,14). The van der Waals surface area contributed by atoms with Crippen molar-refractivity contribution in [3.05, 3.63) is 28.2 Å². The van der Waals surface area contributed by atoms with Gasteiger partial charge in [0.2, 0.25) is 0 Å². The number of rotatable bonds is 3. The van der Waals surface area contributed by atoms with Gasteiger partial charge in [-0.05, 0) is 47.3 Å². The van der Waals surface area contributed by atoms with Crippen molar-refractivity contribution in [2.75, 3.05) is 0 Å². The minimum Gasteiger partial charge on any atom is -0.490 e. The molecule has 4 heteroatoms. The molecule has 0 aliphatic heterocycles. The van der Waals surface area contributed by atoms with Crippen molar-refractivity contribution in [3.63, 3.8) is 0 Å². The molecule has 0 spiro atoms. The fourth-order valence-electron chi connectivity index (χ4n) is 1.53. The van der Waals surface area contributed by atoms with Crippen LogP contribution in [0, 0.1) is 5.41 Å². The summed E-state index contributed by atoms with van der Waals surface area (Å²) in [7, 11) is 0. The van der Waals surface area contributed by atoms with Crippen LogP contribution in [-0.2, 0) is 0 Å². The summed E-state index contributed by atoms with van der Waals surface area (Å²) in [6, 6.07) is 5.62. The lowest BCUT2D eigenvalue weighted by atomic mass is 9.96. The Morgan fingerprint density at radius 3 is 2.73 bits per heavy atom. The Hall–Kier alpha value is -1.03. The molecule has 1 fully saturated rings. The Kier molecular flexibility index (Phi) is 2.95. The van der Waals surface area contributed by atoms with Gasteiger partial charge in [-0.15, -0.1) is 0 Å². The van der Waals surface area contributed by atoms with Crippen LogP contribution >= 0.6 is 15.9 Å². The van der Waals surface area contributed by atoms with E-state index < -0.39 is 0 Å². The van der Waals surface area contributed by atoms with Crippen LogP contribution in [0.5, 0.6) is 5.75 Å². The molecule has 0 saturated heterocycles. The van der Waals surface area contributed by atoms with Crippen molar-refractivity contribution < 1.29 is 4.74 Å². The molecular weight excluding hydrogens is 256 g/mol. The van der Waals surface area contributed by atoms with Crippen LogP contribution in [0.2, 0.25) is 0 Å². The van der Waals surface area contributed by atoms with E-state index in [9.17, 15) is 0 Å². The number of halogens is 1. The number of benzene rings is 1. The maximum atomic E-state index is 7.50. The van der Waals surface area contributed by atoms with Crippen molar-refractivity contribution in [2.24, 2.45) is 5.73 Å². The summed E-state index contributed by atoms with van der Waals surface area (Å²) in [5, 5.41) is 7.50. The van der Waals surface area contributed by atoms with Crippen LogP contribution in [0.1, 0.15) is 24.8 Å². The van der Waals surface area contributed by atoms with E-state index in [2.05, 4.69) is 15.9 Å². The van der Waals surface area contributed by atoms with Crippen LogP contribution in [0.25, 0.3) is 0 Å². The first-order chi connectivity index (χ1) is 7.18. The molecular formula is C11H13BrN2O. The Bertz CT molecular complexity index is 388. The van der Waals surface area contributed by atoms with E-state index in [1.165, 1.54) is 6.42 Å². The smallest absolute Gasteiger partial charge is 0.131 e. The lowest BCUT2D eigenvalue weighted by molar-refractivity contribution is 0.120. The molecule has 1 aliphatic rings. The molecule has 1 aliphatic carbocycles. The number of nitrogens with two attached hydrogens (primary N) is 1. The highest BCUT2D eigenvalue weighted by Crippen LogP contribution is 2.31. The Morgan fingerprint density at radius 2 is 2.20 bits per heavy atom. The van der Waals surface area contributed by atoms with Gasteiger partial charge in [-0.1, -0.05) is 6.07 Å². The molecule has 80 valence electrons. The molecule has 15 heavy (non-hydrogen) atoms. The summed E-state index contributed by atoms with van der Waals surface area (Å²) in [5.41, 5.74) is 6.18. The predicted molar refractivity (Wildman–Crippen MR) is 63.4 cm³/mol. The summed E-state index contributed by atoms with van der Waals surface area (Å²) in [5.74, 6) is 0.748. The normalized spacial score (nSPS) is 15.8. The van der Waals surface area contributed by atoms with Gasteiger partial charge in [-0.2, -0.15) is 0 Å².